The van der Waals surface area contributed by atoms with Gasteiger partial charge in [-0.2, -0.15) is 0 Å². The molecule has 2 aliphatic rings. The zero-order valence-corrected chi connectivity index (χ0v) is 13.8. The van der Waals surface area contributed by atoms with Crippen LogP contribution in [-0.4, -0.2) is 31.4 Å². The summed E-state index contributed by atoms with van der Waals surface area (Å²) in [5.74, 6) is -0.614. The molecule has 0 aromatic heterocycles. The number of carbonyl (C=O) groups excluding carboxylic acids is 2. The number of hydrogen-bond acceptors (Lipinski definition) is 4. The maximum absolute atomic E-state index is 12.7. The lowest BCUT2D eigenvalue weighted by Gasteiger charge is -2.23. The van der Waals surface area contributed by atoms with Crippen molar-refractivity contribution in [1.82, 2.24) is 4.90 Å². The van der Waals surface area contributed by atoms with Gasteiger partial charge in [0, 0.05) is 6.26 Å². The van der Waals surface area contributed by atoms with Gasteiger partial charge in [0.2, 0.25) is 0 Å². The van der Waals surface area contributed by atoms with Gasteiger partial charge in [0.25, 0.3) is 11.8 Å². The topological polar surface area (TPSA) is 71.5 Å². The van der Waals surface area contributed by atoms with Crippen molar-refractivity contribution in [2.24, 2.45) is 0 Å². The van der Waals surface area contributed by atoms with Gasteiger partial charge in [-0.25, -0.2) is 8.42 Å². The maximum atomic E-state index is 12.7. The Morgan fingerprint density at radius 1 is 1.00 bits per heavy atom. The fourth-order valence-electron chi connectivity index (χ4n) is 3.55. The highest BCUT2D eigenvalue weighted by atomic mass is 32.2. The molecule has 1 aliphatic carbocycles. The van der Waals surface area contributed by atoms with Crippen molar-refractivity contribution < 1.29 is 18.0 Å². The lowest BCUT2D eigenvalue weighted by molar-refractivity contribution is 0.0582. The first-order valence-corrected chi connectivity index (χ1v) is 9.57. The molecule has 4 rings (SSSR count). The van der Waals surface area contributed by atoms with Gasteiger partial charge in [0.05, 0.1) is 22.1 Å². The summed E-state index contributed by atoms with van der Waals surface area (Å²) in [6.45, 7) is 0. The predicted octanol–water partition coefficient (Wildman–Crippen LogP) is 2.37. The molecular weight excluding hydrogens is 326 g/mol. The van der Waals surface area contributed by atoms with Gasteiger partial charge in [0.15, 0.2) is 9.84 Å². The molecule has 2 aromatic carbocycles. The van der Waals surface area contributed by atoms with E-state index in [2.05, 4.69) is 0 Å². The summed E-state index contributed by atoms with van der Waals surface area (Å²) in [4.78, 5) is 26.8. The van der Waals surface area contributed by atoms with E-state index >= 15 is 0 Å². The third-order valence-corrected chi connectivity index (χ3v) is 5.84. The smallest absolute Gasteiger partial charge is 0.262 e. The summed E-state index contributed by atoms with van der Waals surface area (Å²) in [7, 11) is -3.34. The number of hydrogen-bond donors (Lipinski definition) is 0. The van der Waals surface area contributed by atoms with Gasteiger partial charge in [-0.3, -0.25) is 14.5 Å². The average molecular weight is 341 g/mol. The van der Waals surface area contributed by atoms with Crippen molar-refractivity contribution in [1.29, 1.82) is 0 Å². The van der Waals surface area contributed by atoms with E-state index in [4.69, 9.17) is 0 Å². The molecule has 2 aromatic rings. The van der Waals surface area contributed by atoms with E-state index in [-0.39, 0.29) is 16.7 Å². The third-order valence-electron chi connectivity index (χ3n) is 4.73. The van der Waals surface area contributed by atoms with Crippen LogP contribution in [0.3, 0.4) is 0 Å². The number of amides is 2. The third kappa shape index (κ3) is 2.10. The molecule has 1 atom stereocenters. The molecule has 6 heteroatoms. The molecule has 0 saturated heterocycles. The summed E-state index contributed by atoms with van der Waals surface area (Å²) < 4.78 is 23.6. The van der Waals surface area contributed by atoms with Crippen LogP contribution in [0.5, 0.6) is 0 Å². The second kappa shape index (κ2) is 5.01. The molecule has 0 bridgehead atoms. The number of aryl methyl sites for hydroxylation is 1. The average Bonchev–Trinajstić information content (AvgIpc) is 3.06. The number of rotatable bonds is 2. The summed E-state index contributed by atoms with van der Waals surface area (Å²) >= 11 is 0. The Balaban J connectivity index is 1.80. The lowest BCUT2D eigenvalue weighted by atomic mass is 10.1. The van der Waals surface area contributed by atoms with Crippen molar-refractivity contribution >= 4 is 21.7 Å². The highest BCUT2D eigenvalue weighted by Gasteiger charge is 2.42. The van der Waals surface area contributed by atoms with Crippen LogP contribution < -0.4 is 0 Å². The molecule has 1 unspecified atom stereocenters. The van der Waals surface area contributed by atoms with Crippen molar-refractivity contribution in [2.45, 2.75) is 23.8 Å². The van der Waals surface area contributed by atoms with E-state index < -0.39 is 15.9 Å². The van der Waals surface area contributed by atoms with Gasteiger partial charge < -0.3 is 0 Å². The van der Waals surface area contributed by atoms with E-state index in [0.29, 0.717) is 17.5 Å². The van der Waals surface area contributed by atoms with E-state index in [0.717, 1.165) is 23.8 Å². The predicted molar refractivity (Wildman–Crippen MR) is 87.6 cm³/mol. The molecule has 1 aliphatic heterocycles. The Morgan fingerprint density at radius 3 is 2.21 bits per heavy atom. The van der Waals surface area contributed by atoms with Gasteiger partial charge in [0.1, 0.15) is 0 Å². The van der Waals surface area contributed by atoms with Crippen LogP contribution in [0.2, 0.25) is 0 Å². The molecule has 0 radical (unpaired) electrons. The first kappa shape index (κ1) is 15.1. The highest BCUT2D eigenvalue weighted by molar-refractivity contribution is 7.90. The lowest BCUT2D eigenvalue weighted by Crippen LogP contribution is -2.33. The molecule has 24 heavy (non-hydrogen) atoms. The van der Waals surface area contributed by atoms with Crippen LogP contribution in [0.4, 0.5) is 0 Å². The minimum atomic E-state index is -3.34. The van der Waals surface area contributed by atoms with E-state index in [9.17, 15) is 18.0 Å². The molecule has 0 fully saturated rings. The van der Waals surface area contributed by atoms with Gasteiger partial charge in [-0.05, 0) is 48.2 Å². The second-order valence-electron chi connectivity index (χ2n) is 6.21. The van der Waals surface area contributed by atoms with E-state index in [1.165, 1.54) is 4.90 Å². The van der Waals surface area contributed by atoms with Crippen molar-refractivity contribution in [3.05, 3.63) is 64.7 Å². The summed E-state index contributed by atoms with van der Waals surface area (Å²) in [6.07, 6.45) is 2.49. The zero-order chi connectivity index (χ0) is 17.1. The highest BCUT2D eigenvalue weighted by Crippen LogP contribution is 2.40. The summed E-state index contributed by atoms with van der Waals surface area (Å²) in [5, 5.41) is 0. The number of benzene rings is 2. The standard InChI is InChI=1S/C18H15NO4S/c1-24(22,23)12-8-6-11-7-9-16(15(11)10-12)19-17(20)13-4-2-3-5-14(13)18(19)21/h2-6,8,10,16H,7,9H2,1H3. The zero-order valence-electron chi connectivity index (χ0n) is 13.0. The minimum Gasteiger partial charge on any atom is -0.269 e. The normalized spacial score (nSPS) is 19.5. The van der Waals surface area contributed by atoms with Crippen LogP contribution in [-0.2, 0) is 16.3 Å². The van der Waals surface area contributed by atoms with Crippen molar-refractivity contribution in [3.8, 4) is 0 Å². The quantitative estimate of drug-likeness (QED) is 0.786. The Kier molecular flexibility index (Phi) is 3.15. The molecule has 2 amide bonds. The van der Waals surface area contributed by atoms with Crippen LogP contribution >= 0.6 is 0 Å². The Labute approximate surface area is 139 Å². The monoisotopic (exact) mass is 341 g/mol. The fourth-order valence-corrected chi connectivity index (χ4v) is 4.20. The maximum Gasteiger partial charge on any atom is 0.262 e. The fraction of sp³-hybridized carbons (Fsp3) is 0.222. The number of carbonyl (C=O) groups is 2. The summed E-state index contributed by atoms with van der Waals surface area (Å²) in [5.41, 5.74) is 2.57. The SMILES string of the molecule is CS(=O)(=O)c1ccc2c(c1)C(N1C(=O)c3ccccc3C1=O)CC2. The molecule has 122 valence electrons. The van der Waals surface area contributed by atoms with Crippen LogP contribution in [0.25, 0.3) is 0 Å². The molecule has 1 heterocycles. The van der Waals surface area contributed by atoms with E-state index in [1.807, 2.05) is 0 Å². The Hall–Kier alpha value is -2.47. The van der Waals surface area contributed by atoms with Crippen LogP contribution in [0, 0.1) is 0 Å². The molecule has 0 spiro atoms. The Bertz CT molecular complexity index is 959. The van der Waals surface area contributed by atoms with Crippen LogP contribution in [0.15, 0.2) is 47.4 Å². The van der Waals surface area contributed by atoms with Gasteiger partial charge in [-0.1, -0.05) is 18.2 Å². The number of fused-ring (bicyclic) bond motifs is 2. The van der Waals surface area contributed by atoms with Gasteiger partial charge in [-0.15, -0.1) is 0 Å². The first-order chi connectivity index (χ1) is 11.4. The second-order valence-corrected chi connectivity index (χ2v) is 8.23. The van der Waals surface area contributed by atoms with Gasteiger partial charge >= 0.3 is 0 Å². The Morgan fingerprint density at radius 2 is 1.62 bits per heavy atom. The minimum absolute atomic E-state index is 0.213. The summed E-state index contributed by atoms with van der Waals surface area (Å²) in [6, 6.07) is 11.3. The number of nitrogens with zero attached hydrogens (tertiary/aromatic N) is 1. The number of imide groups is 1. The van der Waals surface area contributed by atoms with E-state index in [1.54, 1.807) is 42.5 Å². The molecule has 0 N–H and O–H groups in total. The molecule has 0 saturated carbocycles. The largest absolute Gasteiger partial charge is 0.269 e. The first-order valence-electron chi connectivity index (χ1n) is 7.68. The van der Waals surface area contributed by atoms with Crippen molar-refractivity contribution in [2.75, 3.05) is 6.26 Å². The van der Waals surface area contributed by atoms with Crippen LogP contribution in [0.1, 0.15) is 44.3 Å². The molecule has 5 nitrogen and oxygen atoms in total. The van der Waals surface area contributed by atoms with Crippen molar-refractivity contribution in [3.63, 3.8) is 0 Å². The molecular formula is C18H15NO4S. The number of sulfone groups is 1.